The predicted molar refractivity (Wildman–Crippen MR) is 78.0 cm³/mol. The van der Waals surface area contributed by atoms with Crippen LogP contribution < -0.4 is 0 Å². The summed E-state index contributed by atoms with van der Waals surface area (Å²) >= 11 is 3.22. The zero-order chi connectivity index (χ0) is 15.6. The summed E-state index contributed by atoms with van der Waals surface area (Å²) in [7, 11) is 1.48. The third-order valence-corrected chi connectivity index (χ3v) is 3.45. The third kappa shape index (κ3) is 3.58. The van der Waals surface area contributed by atoms with Crippen molar-refractivity contribution in [3.63, 3.8) is 0 Å². The summed E-state index contributed by atoms with van der Waals surface area (Å²) in [5.41, 5.74) is 0.302. The lowest BCUT2D eigenvalue weighted by atomic mass is 10.1. The highest BCUT2D eigenvalue weighted by atomic mass is 79.9. The normalized spacial score (nSPS) is 10.5. The summed E-state index contributed by atoms with van der Waals surface area (Å²) in [6, 6.07) is 7.66. The van der Waals surface area contributed by atoms with E-state index in [0.29, 0.717) is 4.47 Å². The van der Waals surface area contributed by atoms with Gasteiger partial charge in [-0.2, -0.15) is 0 Å². The Labute approximate surface area is 128 Å². The maximum atomic E-state index is 13.6. The maximum Gasteiger partial charge on any atom is 0.257 e. The number of carbonyl (C=O) groups excluding carboxylic acids is 1. The number of carbonyl (C=O) groups is 1. The Kier molecular flexibility index (Phi) is 4.57. The zero-order valence-corrected chi connectivity index (χ0v) is 12.7. The molecule has 0 atom stereocenters. The topological polar surface area (TPSA) is 40.5 Å². The molecule has 0 saturated heterocycles. The fourth-order valence-electron chi connectivity index (χ4n) is 1.86. The molecule has 0 aliphatic carbocycles. The standard InChI is InChI=1S/C15H12BrF2NO2/c1-19(8-9-2-4-11(17)7-13(9)18)15(21)12-6-10(16)3-5-14(12)20/h2-7,20H,8H2,1H3. The molecule has 0 aromatic heterocycles. The Balaban J connectivity index is 2.21. The largest absolute Gasteiger partial charge is 0.507 e. The molecule has 0 unspecified atom stereocenters. The lowest BCUT2D eigenvalue weighted by Gasteiger charge is -2.18. The van der Waals surface area contributed by atoms with Crippen LogP contribution in [0.5, 0.6) is 5.75 Å². The van der Waals surface area contributed by atoms with Gasteiger partial charge in [-0.1, -0.05) is 22.0 Å². The van der Waals surface area contributed by atoms with E-state index in [4.69, 9.17) is 0 Å². The van der Waals surface area contributed by atoms with Crippen molar-refractivity contribution in [2.24, 2.45) is 0 Å². The van der Waals surface area contributed by atoms with E-state index in [2.05, 4.69) is 15.9 Å². The molecule has 0 bridgehead atoms. The van der Waals surface area contributed by atoms with Crippen LogP contribution in [0.25, 0.3) is 0 Å². The van der Waals surface area contributed by atoms with Crippen molar-refractivity contribution in [3.8, 4) is 5.75 Å². The first-order chi connectivity index (χ1) is 9.88. The molecule has 0 aliphatic heterocycles. The summed E-state index contributed by atoms with van der Waals surface area (Å²) in [5.74, 6) is -2.00. The molecule has 0 radical (unpaired) electrons. The van der Waals surface area contributed by atoms with Crippen LogP contribution in [0.4, 0.5) is 8.78 Å². The first-order valence-electron chi connectivity index (χ1n) is 6.06. The molecule has 1 N–H and O–H groups in total. The molecule has 6 heteroatoms. The van der Waals surface area contributed by atoms with Gasteiger partial charge < -0.3 is 10.0 Å². The lowest BCUT2D eigenvalue weighted by molar-refractivity contribution is 0.0780. The molecule has 0 saturated carbocycles. The molecule has 2 rings (SSSR count). The summed E-state index contributed by atoms with van der Waals surface area (Å²) < 4.78 is 27.1. The molecule has 21 heavy (non-hydrogen) atoms. The summed E-state index contributed by atoms with van der Waals surface area (Å²) in [4.78, 5) is 13.5. The molecule has 2 aromatic rings. The predicted octanol–water partition coefficient (Wildman–Crippen LogP) is 3.71. The van der Waals surface area contributed by atoms with Crippen molar-refractivity contribution >= 4 is 21.8 Å². The quantitative estimate of drug-likeness (QED) is 0.911. The van der Waals surface area contributed by atoms with Crippen LogP contribution in [0.1, 0.15) is 15.9 Å². The van der Waals surface area contributed by atoms with Crippen LogP contribution in [0, 0.1) is 11.6 Å². The van der Waals surface area contributed by atoms with E-state index >= 15 is 0 Å². The van der Waals surface area contributed by atoms with E-state index in [0.717, 1.165) is 12.1 Å². The van der Waals surface area contributed by atoms with Gasteiger partial charge in [0.15, 0.2) is 0 Å². The van der Waals surface area contributed by atoms with E-state index in [9.17, 15) is 18.7 Å². The highest BCUT2D eigenvalue weighted by molar-refractivity contribution is 9.10. The van der Waals surface area contributed by atoms with Crippen molar-refractivity contribution in [1.29, 1.82) is 0 Å². The van der Waals surface area contributed by atoms with Crippen LogP contribution in [0.3, 0.4) is 0 Å². The van der Waals surface area contributed by atoms with Crippen molar-refractivity contribution in [2.75, 3.05) is 7.05 Å². The second kappa shape index (κ2) is 6.22. The average molecular weight is 356 g/mol. The third-order valence-electron chi connectivity index (χ3n) is 2.96. The van der Waals surface area contributed by atoms with Crippen LogP contribution in [0.2, 0.25) is 0 Å². The molecule has 0 heterocycles. The first-order valence-corrected chi connectivity index (χ1v) is 6.85. The van der Waals surface area contributed by atoms with Crippen molar-refractivity contribution in [1.82, 2.24) is 4.90 Å². The van der Waals surface area contributed by atoms with Gasteiger partial charge in [-0.15, -0.1) is 0 Å². The van der Waals surface area contributed by atoms with Crippen molar-refractivity contribution < 1.29 is 18.7 Å². The minimum absolute atomic E-state index is 0.0309. The first kappa shape index (κ1) is 15.4. The number of halogens is 3. The number of nitrogens with zero attached hydrogens (tertiary/aromatic N) is 1. The van der Waals surface area contributed by atoms with Gasteiger partial charge in [0, 0.05) is 29.7 Å². The lowest BCUT2D eigenvalue weighted by Crippen LogP contribution is -2.26. The van der Waals surface area contributed by atoms with Gasteiger partial charge in [0.2, 0.25) is 0 Å². The molecule has 1 amide bonds. The van der Waals surface area contributed by atoms with Crippen LogP contribution in [-0.2, 0) is 6.54 Å². The molecule has 0 spiro atoms. The number of benzene rings is 2. The minimum Gasteiger partial charge on any atom is -0.507 e. The Hall–Kier alpha value is -1.95. The highest BCUT2D eigenvalue weighted by Crippen LogP contribution is 2.23. The Bertz CT molecular complexity index is 691. The second-order valence-corrected chi connectivity index (χ2v) is 5.47. The Morgan fingerprint density at radius 1 is 1.24 bits per heavy atom. The van der Waals surface area contributed by atoms with E-state index in [1.807, 2.05) is 0 Å². The van der Waals surface area contributed by atoms with Gasteiger partial charge in [-0.25, -0.2) is 8.78 Å². The molecule has 2 aromatic carbocycles. The smallest absolute Gasteiger partial charge is 0.257 e. The molecule has 110 valence electrons. The minimum atomic E-state index is -0.715. The number of hydrogen-bond acceptors (Lipinski definition) is 2. The molecule has 3 nitrogen and oxygen atoms in total. The molecular formula is C15H12BrF2NO2. The van der Waals surface area contributed by atoms with E-state index in [1.54, 1.807) is 6.07 Å². The fourth-order valence-corrected chi connectivity index (χ4v) is 2.22. The number of rotatable bonds is 3. The van der Waals surface area contributed by atoms with Gasteiger partial charge in [-0.05, 0) is 24.3 Å². The number of phenolic OH excluding ortho intramolecular Hbond substituents is 1. The Morgan fingerprint density at radius 2 is 1.95 bits per heavy atom. The van der Waals surface area contributed by atoms with Crippen LogP contribution in [-0.4, -0.2) is 23.0 Å². The van der Waals surface area contributed by atoms with Gasteiger partial charge in [0.1, 0.15) is 17.4 Å². The summed E-state index contributed by atoms with van der Waals surface area (Å²) in [5, 5.41) is 9.72. The summed E-state index contributed by atoms with van der Waals surface area (Å²) in [6.07, 6.45) is 0. The van der Waals surface area contributed by atoms with Crippen LogP contribution >= 0.6 is 15.9 Å². The molecular weight excluding hydrogens is 344 g/mol. The van der Waals surface area contributed by atoms with E-state index in [1.165, 1.54) is 30.1 Å². The molecule has 0 aliphatic rings. The van der Waals surface area contributed by atoms with Crippen molar-refractivity contribution in [2.45, 2.75) is 6.54 Å². The van der Waals surface area contributed by atoms with Crippen LogP contribution in [0.15, 0.2) is 40.9 Å². The number of hydrogen-bond donors (Lipinski definition) is 1. The average Bonchev–Trinajstić information content (AvgIpc) is 2.43. The van der Waals surface area contributed by atoms with Gasteiger partial charge in [0.05, 0.1) is 5.56 Å². The summed E-state index contributed by atoms with van der Waals surface area (Å²) in [6.45, 7) is -0.0309. The van der Waals surface area contributed by atoms with Gasteiger partial charge >= 0.3 is 0 Å². The maximum absolute atomic E-state index is 13.6. The number of aromatic hydroxyl groups is 1. The van der Waals surface area contributed by atoms with Gasteiger partial charge in [0.25, 0.3) is 5.91 Å². The van der Waals surface area contributed by atoms with Gasteiger partial charge in [-0.3, -0.25) is 4.79 Å². The number of amides is 1. The second-order valence-electron chi connectivity index (χ2n) is 4.56. The fraction of sp³-hybridized carbons (Fsp3) is 0.133. The Morgan fingerprint density at radius 3 is 2.62 bits per heavy atom. The highest BCUT2D eigenvalue weighted by Gasteiger charge is 2.17. The molecule has 0 fully saturated rings. The van der Waals surface area contributed by atoms with E-state index < -0.39 is 17.5 Å². The van der Waals surface area contributed by atoms with E-state index in [-0.39, 0.29) is 23.4 Å². The number of phenols is 1. The monoisotopic (exact) mass is 355 g/mol. The SMILES string of the molecule is CN(Cc1ccc(F)cc1F)C(=O)c1cc(Br)ccc1O. The van der Waals surface area contributed by atoms with Crippen molar-refractivity contribution in [3.05, 3.63) is 63.6 Å². The zero-order valence-electron chi connectivity index (χ0n) is 11.1.